The average molecular weight is 342 g/mol. The summed E-state index contributed by atoms with van der Waals surface area (Å²) >= 11 is 3.71. The molecule has 0 aliphatic carbocycles. The maximum atomic E-state index is 4.57. The molecule has 2 aliphatic rings. The van der Waals surface area contributed by atoms with Gasteiger partial charge in [0, 0.05) is 58.9 Å². The van der Waals surface area contributed by atoms with Gasteiger partial charge in [-0.2, -0.15) is 5.10 Å². The van der Waals surface area contributed by atoms with Crippen LogP contribution >= 0.6 is 15.9 Å². The van der Waals surface area contributed by atoms with E-state index in [1.54, 1.807) is 0 Å². The number of halogens is 1. The number of nitrogens with one attached hydrogen (secondary N) is 1. The first-order chi connectivity index (χ1) is 9.69. The highest BCUT2D eigenvalue weighted by molar-refractivity contribution is 9.10. The van der Waals surface area contributed by atoms with Gasteiger partial charge in [0.15, 0.2) is 0 Å². The minimum atomic E-state index is 0.759. The van der Waals surface area contributed by atoms with Gasteiger partial charge in [-0.1, -0.05) is 6.92 Å². The van der Waals surface area contributed by atoms with Gasteiger partial charge < -0.3 is 5.32 Å². The van der Waals surface area contributed by atoms with Crippen molar-refractivity contribution >= 4 is 15.9 Å². The SMILES string of the molecule is CCc1nn(C)c(CN2CC(N3CCNCC3)C2)c1Br. The molecule has 1 N–H and O–H groups in total. The summed E-state index contributed by atoms with van der Waals surface area (Å²) in [7, 11) is 2.05. The molecule has 0 unspecified atom stereocenters. The van der Waals surface area contributed by atoms with Crippen molar-refractivity contribution in [3.05, 3.63) is 15.9 Å². The molecular weight excluding hydrogens is 318 g/mol. The molecule has 6 heteroatoms. The van der Waals surface area contributed by atoms with Crippen LogP contribution in [0, 0.1) is 0 Å². The Labute approximate surface area is 129 Å². The number of aryl methyl sites for hydroxylation is 2. The summed E-state index contributed by atoms with van der Waals surface area (Å²) < 4.78 is 3.23. The van der Waals surface area contributed by atoms with Crippen LogP contribution in [0.5, 0.6) is 0 Å². The van der Waals surface area contributed by atoms with E-state index in [4.69, 9.17) is 0 Å². The lowest BCUT2D eigenvalue weighted by Crippen LogP contribution is -2.62. The number of piperazine rings is 1. The highest BCUT2D eigenvalue weighted by Gasteiger charge is 2.33. The van der Waals surface area contributed by atoms with E-state index in [0.29, 0.717) is 0 Å². The van der Waals surface area contributed by atoms with E-state index < -0.39 is 0 Å². The van der Waals surface area contributed by atoms with E-state index in [0.717, 1.165) is 32.1 Å². The Balaban J connectivity index is 1.54. The summed E-state index contributed by atoms with van der Waals surface area (Å²) in [5.74, 6) is 0. The van der Waals surface area contributed by atoms with E-state index >= 15 is 0 Å². The molecule has 0 atom stereocenters. The molecule has 3 rings (SSSR count). The zero-order valence-corrected chi connectivity index (χ0v) is 14.0. The summed E-state index contributed by atoms with van der Waals surface area (Å²) in [6.45, 7) is 10.2. The number of nitrogens with zero attached hydrogens (tertiary/aromatic N) is 4. The van der Waals surface area contributed by atoms with Gasteiger partial charge in [-0.25, -0.2) is 0 Å². The Kier molecular flexibility index (Phi) is 4.45. The molecule has 0 radical (unpaired) electrons. The van der Waals surface area contributed by atoms with Gasteiger partial charge in [-0.05, 0) is 22.4 Å². The zero-order valence-electron chi connectivity index (χ0n) is 12.4. The third kappa shape index (κ3) is 2.79. The molecule has 3 heterocycles. The molecule has 112 valence electrons. The topological polar surface area (TPSA) is 36.3 Å². The predicted molar refractivity (Wildman–Crippen MR) is 83.8 cm³/mol. The summed E-state index contributed by atoms with van der Waals surface area (Å²) in [5.41, 5.74) is 2.47. The smallest absolute Gasteiger partial charge is 0.0767 e. The Morgan fingerprint density at radius 3 is 2.60 bits per heavy atom. The van der Waals surface area contributed by atoms with Crippen LogP contribution in [0.4, 0.5) is 0 Å². The van der Waals surface area contributed by atoms with Gasteiger partial charge in [0.25, 0.3) is 0 Å². The Bertz CT molecular complexity index is 460. The van der Waals surface area contributed by atoms with Gasteiger partial charge in [0.05, 0.1) is 15.9 Å². The lowest BCUT2D eigenvalue weighted by Gasteiger charge is -2.46. The third-order valence-corrected chi connectivity index (χ3v) is 5.40. The van der Waals surface area contributed by atoms with E-state index in [2.05, 4.69) is 43.1 Å². The predicted octanol–water partition coefficient (Wildman–Crippen LogP) is 0.834. The van der Waals surface area contributed by atoms with E-state index in [1.165, 1.54) is 42.0 Å². The molecule has 0 bridgehead atoms. The van der Waals surface area contributed by atoms with Crippen LogP contribution in [-0.2, 0) is 20.0 Å². The monoisotopic (exact) mass is 341 g/mol. The van der Waals surface area contributed by atoms with E-state index in [-0.39, 0.29) is 0 Å². The van der Waals surface area contributed by atoms with Crippen molar-refractivity contribution < 1.29 is 0 Å². The number of aromatic nitrogens is 2. The first kappa shape index (κ1) is 14.5. The highest BCUT2D eigenvalue weighted by Crippen LogP contribution is 2.25. The summed E-state index contributed by atoms with van der Waals surface area (Å²) in [5, 5.41) is 7.99. The van der Waals surface area contributed by atoms with Crippen molar-refractivity contribution in [1.82, 2.24) is 24.9 Å². The van der Waals surface area contributed by atoms with Crippen LogP contribution in [0.2, 0.25) is 0 Å². The minimum absolute atomic E-state index is 0.759. The molecule has 1 aromatic heterocycles. The summed E-state index contributed by atoms with van der Waals surface area (Å²) in [6.07, 6.45) is 0.984. The summed E-state index contributed by atoms with van der Waals surface area (Å²) in [6, 6.07) is 0.759. The molecule has 2 fully saturated rings. The van der Waals surface area contributed by atoms with Crippen LogP contribution < -0.4 is 5.32 Å². The molecule has 0 aromatic carbocycles. The molecule has 2 saturated heterocycles. The maximum Gasteiger partial charge on any atom is 0.0767 e. The van der Waals surface area contributed by atoms with Crippen molar-refractivity contribution in [2.75, 3.05) is 39.3 Å². The Morgan fingerprint density at radius 1 is 1.30 bits per heavy atom. The van der Waals surface area contributed by atoms with Crippen molar-refractivity contribution in [3.8, 4) is 0 Å². The quantitative estimate of drug-likeness (QED) is 0.880. The van der Waals surface area contributed by atoms with Crippen LogP contribution in [0.1, 0.15) is 18.3 Å². The second-order valence-corrected chi connectivity index (χ2v) is 6.61. The Hall–Kier alpha value is -0.430. The zero-order chi connectivity index (χ0) is 14.1. The normalized spacial score (nSPS) is 22.1. The van der Waals surface area contributed by atoms with Crippen molar-refractivity contribution in [3.63, 3.8) is 0 Å². The Morgan fingerprint density at radius 2 is 2.00 bits per heavy atom. The van der Waals surface area contributed by atoms with Crippen LogP contribution in [0.25, 0.3) is 0 Å². The van der Waals surface area contributed by atoms with Gasteiger partial charge in [-0.3, -0.25) is 14.5 Å². The van der Waals surface area contributed by atoms with Gasteiger partial charge in [-0.15, -0.1) is 0 Å². The molecule has 0 saturated carbocycles. The maximum absolute atomic E-state index is 4.57. The molecule has 0 spiro atoms. The standard InChI is InChI=1S/C14H24BrN5/c1-3-12-14(15)13(18(2)17-12)10-19-8-11(9-19)20-6-4-16-5-7-20/h11,16H,3-10H2,1-2H3. The number of hydrogen-bond donors (Lipinski definition) is 1. The molecule has 2 aliphatic heterocycles. The number of hydrogen-bond acceptors (Lipinski definition) is 4. The fraction of sp³-hybridized carbons (Fsp3) is 0.786. The van der Waals surface area contributed by atoms with Gasteiger partial charge in [0.2, 0.25) is 0 Å². The first-order valence-electron chi connectivity index (χ1n) is 7.56. The lowest BCUT2D eigenvalue weighted by molar-refractivity contribution is 0.0208. The van der Waals surface area contributed by atoms with Crippen LogP contribution in [0.3, 0.4) is 0 Å². The van der Waals surface area contributed by atoms with Crippen molar-refractivity contribution in [1.29, 1.82) is 0 Å². The highest BCUT2D eigenvalue weighted by atomic mass is 79.9. The second kappa shape index (κ2) is 6.13. The number of likely N-dealkylation sites (tertiary alicyclic amines) is 1. The van der Waals surface area contributed by atoms with Crippen LogP contribution in [0.15, 0.2) is 4.47 Å². The third-order valence-electron chi connectivity index (χ3n) is 4.48. The fourth-order valence-electron chi connectivity index (χ4n) is 3.15. The lowest BCUT2D eigenvalue weighted by atomic mass is 10.1. The molecule has 5 nitrogen and oxygen atoms in total. The van der Waals surface area contributed by atoms with Crippen LogP contribution in [-0.4, -0.2) is 64.9 Å². The fourth-order valence-corrected chi connectivity index (χ4v) is 3.89. The number of rotatable bonds is 4. The van der Waals surface area contributed by atoms with Gasteiger partial charge in [0.1, 0.15) is 0 Å². The van der Waals surface area contributed by atoms with Gasteiger partial charge >= 0.3 is 0 Å². The summed E-state index contributed by atoms with van der Waals surface area (Å²) in [4.78, 5) is 5.15. The molecule has 0 amide bonds. The van der Waals surface area contributed by atoms with E-state index in [1.807, 2.05) is 11.7 Å². The molecule has 20 heavy (non-hydrogen) atoms. The average Bonchev–Trinajstić information content (AvgIpc) is 2.69. The van der Waals surface area contributed by atoms with Crippen molar-refractivity contribution in [2.45, 2.75) is 25.9 Å². The second-order valence-electron chi connectivity index (χ2n) is 5.82. The first-order valence-corrected chi connectivity index (χ1v) is 8.35. The van der Waals surface area contributed by atoms with Crippen molar-refractivity contribution in [2.24, 2.45) is 7.05 Å². The molecule has 1 aromatic rings. The minimum Gasteiger partial charge on any atom is -0.314 e. The largest absolute Gasteiger partial charge is 0.314 e. The van der Waals surface area contributed by atoms with E-state index in [9.17, 15) is 0 Å². The molecular formula is C14H24BrN5.